The van der Waals surface area contributed by atoms with E-state index in [2.05, 4.69) is 41.3 Å². The van der Waals surface area contributed by atoms with Gasteiger partial charge in [0.1, 0.15) is 6.29 Å². The molecule has 0 aliphatic carbocycles. The summed E-state index contributed by atoms with van der Waals surface area (Å²) in [7, 11) is 1.97. The fourth-order valence-corrected chi connectivity index (χ4v) is 2.89. The van der Waals surface area contributed by atoms with Crippen molar-refractivity contribution in [3.05, 3.63) is 48.0 Å². The molecule has 0 bridgehead atoms. The summed E-state index contributed by atoms with van der Waals surface area (Å²) in [6.07, 6.45) is 1.96. The second-order valence-corrected chi connectivity index (χ2v) is 5.45. The lowest BCUT2D eigenvalue weighted by Crippen LogP contribution is -2.26. The number of carbonyl (C=O) groups is 1. The van der Waals surface area contributed by atoms with Crippen LogP contribution in [0.2, 0.25) is 0 Å². The molecule has 2 unspecified atom stereocenters. The molecule has 0 radical (unpaired) electrons. The van der Waals surface area contributed by atoms with Crippen molar-refractivity contribution in [2.24, 2.45) is 0 Å². The number of hydrogen-bond donors (Lipinski definition) is 0. The van der Waals surface area contributed by atoms with Gasteiger partial charge in [-0.3, -0.25) is 4.90 Å². The summed E-state index contributed by atoms with van der Waals surface area (Å²) in [5, 5.41) is 2.48. The van der Waals surface area contributed by atoms with Gasteiger partial charge in [0.25, 0.3) is 0 Å². The van der Waals surface area contributed by atoms with Crippen LogP contribution in [0.15, 0.2) is 42.5 Å². The Balaban J connectivity index is 1.70. The first-order valence-electron chi connectivity index (χ1n) is 7.01. The highest BCUT2D eigenvalue weighted by Gasteiger charge is 2.29. The van der Waals surface area contributed by atoms with Crippen molar-refractivity contribution in [1.29, 1.82) is 0 Å². The molecule has 1 heterocycles. The molecule has 104 valence electrons. The van der Waals surface area contributed by atoms with Crippen LogP contribution in [0.5, 0.6) is 0 Å². The lowest BCUT2D eigenvalue weighted by Gasteiger charge is -2.13. The molecule has 0 spiro atoms. The maximum Gasteiger partial charge on any atom is 0.137 e. The van der Waals surface area contributed by atoms with Gasteiger partial charge in [-0.05, 0) is 29.8 Å². The van der Waals surface area contributed by atoms with Gasteiger partial charge in [0, 0.05) is 6.54 Å². The molecule has 1 fully saturated rings. The van der Waals surface area contributed by atoms with E-state index in [1.807, 2.05) is 13.1 Å². The van der Waals surface area contributed by atoms with E-state index in [1.165, 1.54) is 16.3 Å². The molecule has 1 aliphatic heterocycles. The standard InChI is InChI=1S/C17H19NO2/c1-18-10-16(9-15(18)11-19)20-12-14-7-4-6-13-5-2-3-8-17(13)14/h2-8,11,15-16H,9-10,12H2,1H3. The average Bonchev–Trinajstić information content (AvgIpc) is 2.85. The molecule has 3 nitrogen and oxygen atoms in total. The Morgan fingerprint density at radius 2 is 2.05 bits per heavy atom. The summed E-state index contributed by atoms with van der Waals surface area (Å²) in [4.78, 5) is 13.0. The minimum Gasteiger partial charge on any atom is -0.372 e. The summed E-state index contributed by atoms with van der Waals surface area (Å²) in [6, 6.07) is 14.6. The Morgan fingerprint density at radius 3 is 2.85 bits per heavy atom. The van der Waals surface area contributed by atoms with Gasteiger partial charge in [-0.15, -0.1) is 0 Å². The van der Waals surface area contributed by atoms with Gasteiger partial charge in [0.2, 0.25) is 0 Å². The zero-order valence-electron chi connectivity index (χ0n) is 11.7. The zero-order chi connectivity index (χ0) is 13.9. The zero-order valence-corrected chi connectivity index (χ0v) is 11.7. The van der Waals surface area contributed by atoms with Crippen LogP contribution in [-0.4, -0.2) is 36.9 Å². The lowest BCUT2D eigenvalue weighted by atomic mass is 10.1. The SMILES string of the molecule is CN1CC(OCc2cccc3ccccc23)CC1C=O. The van der Waals surface area contributed by atoms with Crippen LogP contribution in [-0.2, 0) is 16.1 Å². The third-order valence-electron chi connectivity index (χ3n) is 4.07. The fraction of sp³-hybridized carbons (Fsp3) is 0.353. The van der Waals surface area contributed by atoms with Crippen LogP contribution in [0, 0.1) is 0 Å². The maximum atomic E-state index is 10.9. The largest absolute Gasteiger partial charge is 0.372 e. The highest BCUT2D eigenvalue weighted by atomic mass is 16.5. The maximum absolute atomic E-state index is 10.9. The summed E-state index contributed by atoms with van der Waals surface area (Å²) in [5.41, 5.74) is 1.21. The van der Waals surface area contributed by atoms with Crippen molar-refractivity contribution in [2.75, 3.05) is 13.6 Å². The van der Waals surface area contributed by atoms with Gasteiger partial charge in [0.15, 0.2) is 0 Å². The quantitative estimate of drug-likeness (QED) is 0.799. The Labute approximate surface area is 119 Å². The van der Waals surface area contributed by atoms with Crippen LogP contribution in [0.3, 0.4) is 0 Å². The molecule has 3 heteroatoms. The number of carbonyl (C=O) groups excluding carboxylic acids is 1. The lowest BCUT2D eigenvalue weighted by molar-refractivity contribution is -0.111. The minimum atomic E-state index is 0.00696. The van der Waals surface area contributed by atoms with E-state index in [-0.39, 0.29) is 12.1 Å². The topological polar surface area (TPSA) is 29.5 Å². The van der Waals surface area contributed by atoms with Gasteiger partial charge < -0.3 is 9.53 Å². The first-order chi connectivity index (χ1) is 9.78. The van der Waals surface area contributed by atoms with E-state index in [9.17, 15) is 4.79 Å². The number of hydrogen-bond acceptors (Lipinski definition) is 3. The van der Waals surface area contributed by atoms with Crippen LogP contribution in [0.1, 0.15) is 12.0 Å². The number of rotatable bonds is 4. The van der Waals surface area contributed by atoms with Crippen molar-refractivity contribution in [1.82, 2.24) is 4.90 Å². The summed E-state index contributed by atoms with van der Waals surface area (Å²) in [5.74, 6) is 0. The fourth-order valence-electron chi connectivity index (χ4n) is 2.89. The van der Waals surface area contributed by atoms with Crippen molar-refractivity contribution in [2.45, 2.75) is 25.2 Å². The third kappa shape index (κ3) is 2.60. The van der Waals surface area contributed by atoms with Crippen LogP contribution >= 0.6 is 0 Å². The predicted octanol–water partition coefficient (Wildman–Crippen LogP) is 2.63. The van der Waals surface area contributed by atoms with Crippen molar-refractivity contribution in [3.63, 3.8) is 0 Å². The predicted molar refractivity (Wildman–Crippen MR) is 79.6 cm³/mol. The number of likely N-dealkylation sites (N-methyl/N-ethyl adjacent to an activating group) is 1. The molecule has 0 saturated carbocycles. The van der Waals surface area contributed by atoms with Crippen LogP contribution in [0.4, 0.5) is 0 Å². The normalized spacial score (nSPS) is 23.2. The van der Waals surface area contributed by atoms with E-state index in [0.29, 0.717) is 6.61 Å². The minimum absolute atomic E-state index is 0.00696. The second kappa shape index (κ2) is 5.73. The van der Waals surface area contributed by atoms with Crippen LogP contribution in [0.25, 0.3) is 10.8 Å². The number of aldehydes is 1. The highest BCUT2D eigenvalue weighted by molar-refractivity contribution is 5.85. The van der Waals surface area contributed by atoms with Crippen molar-refractivity contribution < 1.29 is 9.53 Å². The molecule has 2 aromatic rings. The average molecular weight is 269 g/mol. The molecule has 2 aromatic carbocycles. The molecule has 1 saturated heterocycles. The first kappa shape index (κ1) is 13.3. The van der Waals surface area contributed by atoms with Gasteiger partial charge in [-0.25, -0.2) is 0 Å². The van der Waals surface area contributed by atoms with E-state index in [1.54, 1.807) is 0 Å². The van der Waals surface area contributed by atoms with Crippen molar-refractivity contribution >= 4 is 17.1 Å². The monoisotopic (exact) mass is 269 g/mol. The summed E-state index contributed by atoms with van der Waals surface area (Å²) < 4.78 is 6.00. The molecule has 1 aliphatic rings. The van der Waals surface area contributed by atoms with Crippen LogP contribution < -0.4 is 0 Å². The molecule has 0 N–H and O–H groups in total. The number of ether oxygens (including phenoxy) is 1. The smallest absolute Gasteiger partial charge is 0.137 e. The molecule has 20 heavy (non-hydrogen) atoms. The molecule has 0 amide bonds. The van der Waals surface area contributed by atoms with Gasteiger partial charge in [0.05, 0.1) is 18.8 Å². The van der Waals surface area contributed by atoms with E-state index in [0.717, 1.165) is 19.3 Å². The molecular formula is C17H19NO2. The molecular weight excluding hydrogens is 250 g/mol. The summed E-state index contributed by atoms with van der Waals surface area (Å²) >= 11 is 0. The molecule has 2 atom stereocenters. The van der Waals surface area contributed by atoms with E-state index in [4.69, 9.17) is 4.74 Å². The number of benzene rings is 2. The molecule has 3 rings (SSSR count). The van der Waals surface area contributed by atoms with Gasteiger partial charge >= 0.3 is 0 Å². The van der Waals surface area contributed by atoms with E-state index < -0.39 is 0 Å². The Bertz CT molecular complexity index is 605. The Morgan fingerprint density at radius 1 is 1.25 bits per heavy atom. The van der Waals surface area contributed by atoms with E-state index >= 15 is 0 Å². The second-order valence-electron chi connectivity index (χ2n) is 5.45. The van der Waals surface area contributed by atoms with Gasteiger partial charge in [-0.1, -0.05) is 42.5 Å². The summed E-state index contributed by atoms with van der Waals surface area (Å²) in [6.45, 7) is 1.43. The highest BCUT2D eigenvalue weighted by Crippen LogP contribution is 2.22. The third-order valence-corrected chi connectivity index (χ3v) is 4.07. The number of likely N-dealkylation sites (tertiary alicyclic amines) is 1. The van der Waals surface area contributed by atoms with Crippen molar-refractivity contribution in [3.8, 4) is 0 Å². The number of nitrogens with zero attached hydrogens (tertiary/aromatic N) is 1. The Kier molecular flexibility index (Phi) is 3.81. The van der Waals surface area contributed by atoms with Gasteiger partial charge in [-0.2, -0.15) is 0 Å². The Hall–Kier alpha value is -1.71. The first-order valence-corrected chi connectivity index (χ1v) is 7.01. The number of fused-ring (bicyclic) bond motifs is 1. The molecule has 0 aromatic heterocycles.